The van der Waals surface area contributed by atoms with Gasteiger partial charge in [0.05, 0.1) is 5.60 Å². The normalized spacial score (nSPS) is 56.6. The van der Waals surface area contributed by atoms with Gasteiger partial charge in [-0.1, -0.05) is 20.8 Å². The van der Waals surface area contributed by atoms with E-state index < -0.39 is 5.60 Å². The van der Waals surface area contributed by atoms with E-state index in [4.69, 9.17) is 0 Å². The Morgan fingerprint density at radius 3 is 2.32 bits per heavy atom. The van der Waals surface area contributed by atoms with Crippen molar-refractivity contribution in [3.05, 3.63) is 0 Å². The fraction of sp³-hybridized carbons (Fsp3) is 1.00. The molecule has 0 heterocycles. The topological polar surface area (TPSA) is 40.5 Å². The van der Waals surface area contributed by atoms with E-state index in [1.54, 1.807) is 0 Å². The number of aliphatic hydroxyl groups is 2. The Morgan fingerprint density at radius 1 is 0.880 bits per heavy atom. The van der Waals surface area contributed by atoms with Gasteiger partial charge < -0.3 is 10.2 Å². The van der Waals surface area contributed by atoms with E-state index in [1.807, 2.05) is 0 Å². The molecule has 0 radical (unpaired) electrons. The molecule has 25 heavy (non-hydrogen) atoms. The molecule has 0 spiro atoms. The van der Waals surface area contributed by atoms with Crippen LogP contribution in [-0.2, 0) is 0 Å². The van der Waals surface area contributed by atoms with Gasteiger partial charge in [0.25, 0.3) is 0 Å². The zero-order valence-corrected chi connectivity index (χ0v) is 16.9. The van der Waals surface area contributed by atoms with Crippen LogP contribution in [-0.4, -0.2) is 22.4 Å². The van der Waals surface area contributed by atoms with Crippen LogP contribution in [0, 0.1) is 46.3 Å². The van der Waals surface area contributed by atoms with Crippen LogP contribution in [0.2, 0.25) is 0 Å². The summed E-state index contributed by atoms with van der Waals surface area (Å²) in [6.45, 7) is 9.84. The molecule has 0 bridgehead atoms. The molecule has 2 N–H and O–H groups in total. The second-order valence-electron chi connectivity index (χ2n) is 11.2. The van der Waals surface area contributed by atoms with Crippen molar-refractivity contribution in [2.75, 3.05) is 6.61 Å². The van der Waals surface area contributed by atoms with Crippen LogP contribution in [0.15, 0.2) is 0 Å². The standard InChI is InChI=1S/C23H40O2/c1-15(14-24)18-7-8-19-17-6-5-16-13-21(2,25)11-12-22(16,3)20(17)9-10-23(18,19)4/h15-20,24-25H,5-14H2,1-4H3/t15?,16-,17+,18-,19+,20+,21-,22+,23-/m1/s1. The second-order valence-corrected chi connectivity index (χ2v) is 11.2. The van der Waals surface area contributed by atoms with Crippen molar-refractivity contribution in [2.45, 2.75) is 91.1 Å². The average Bonchev–Trinajstić information content (AvgIpc) is 2.92. The first-order valence-corrected chi connectivity index (χ1v) is 11.0. The summed E-state index contributed by atoms with van der Waals surface area (Å²) in [5.41, 5.74) is 0.509. The summed E-state index contributed by atoms with van der Waals surface area (Å²) in [5, 5.41) is 20.4. The fourth-order valence-electron chi connectivity index (χ4n) is 8.53. The highest BCUT2D eigenvalue weighted by Crippen LogP contribution is 2.68. The molecule has 0 aliphatic heterocycles. The SMILES string of the molecule is CC(CO)[C@H]1CC[C@H]2[C@@H]3CC[C@@H]4C[C@](C)(O)CC[C@]4(C)[C@H]3CC[C@]12C. The van der Waals surface area contributed by atoms with Crippen LogP contribution in [0.5, 0.6) is 0 Å². The van der Waals surface area contributed by atoms with Crippen LogP contribution in [0.1, 0.15) is 85.5 Å². The van der Waals surface area contributed by atoms with Gasteiger partial charge in [0.15, 0.2) is 0 Å². The Bertz CT molecular complexity index is 514. The molecule has 4 fully saturated rings. The number of fused-ring (bicyclic) bond motifs is 5. The molecular formula is C23H40O2. The van der Waals surface area contributed by atoms with Gasteiger partial charge >= 0.3 is 0 Å². The Labute approximate surface area is 154 Å². The first-order valence-electron chi connectivity index (χ1n) is 11.0. The van der Waals surface area contributed by atoms with Gasteiger partial charge in [0.2, 0.25) is 0 Å². The lowest BCUT2D eigenvalue weighted by atomic mass is 9.43. The lowest BCUT2D eigenvalue weighted by molar-refractivity contribution is -0.148. The lowest BCUT2D eigenvalue weighted by Crippen LogP contribution is -2.55. The van der Waals surface area contributed by atoms with Crippen molar-refractivity contribution >= 4 is 0 Å². The molecule has 4 aliphatic carbocycles. The van der Waals surface area contributed by atoms with Crippen molar-refractivity contribution in [3.8, 4) is 0 Å². The highest BCUT2D eigenvalue weighted by Gasteiger charge is 2.61. The summed E-state index contributed by atoms with van der Waals surface area (Å²) in [6, 6.07) is 0. The molecule has 0 aromatic carbocycles. The Hall–Kier alpha value is -0.0800. The quantitative estimate of drug-likeness (QED) is 0.735. The molecule has 0 aromatic rings. The maximum absolute atomic E-state index is 10.6. The van der Waals surface area contributed by atoms with E-state index in [0.717, 1.165) is 42.4 Å². The third-order valence-electron chi connectivity index (χ3n) is 10.0. The number of hydrogen-bond acceptors (Lipinski definition) is 2. The Balaban J connectivity index is 1.58. The van der Waals surface area contributed by atoms with Crippen molar-refractivity contribution in [2.24, 2.45) is 46.3 Å². The molecular weight excluding hydrogens is 308 g/mol. The van der Waals surface area contributed by atoms with Gasteiger partial charge in [-0.2, -0.15) is 0 Å². The predicted octanol–water partition coefficient (Wildman–Crippen LogP) is 5.02. The van der Waals surface area contributed by atoms with Crippen LogP contribution in [0.25, 0.3) is 0 Å². The van der Waals surface area contributed by atoms with Crippen LogP contribution >= 0.6 is 0 Å². The maximum atomic E-state index is 10.6. The number of rotatable bonds is 2. The lowest BCUT2D eigenvalue weighted by Gasteiger charge is -2.62. The summed E-state index contributed by atoms with van der Waals surface area (Å²) >= 11 is 0. The summed E-state index contributed by atoms with van der Waals surface area (Å²) in [5.74, 6) is 4.58. The van der Waals surface area contributed by atoms with Gasteiger partial charge in [0.1, 0.15) is 0 Å². The smallest absolute Gasteiger partial charge is 0.0622 e. The van der Waals surface area contributed by atoms with Crippen molar-refractivity contribution in [3.63, 3.8) is 0 Å². The molecule has 2 heteroatoms. The monoisotopic (exact) mass is 348 g/mol. The summed E-state index contributed by atoms with van der Waals surface area (Å²) in [7, 11) is 0. The minimum Gasteiger partial charge on any atom is -0.396 e. The third-order valence-corrected chi connectivity index (χ3v) is 10.0. The molecule has 4 saturated carbocycles. The molecule has 4 rings (SSSR count). The zero-order chi connectivity index (χ0) is 18.0. The fourth-order valence-corrected chi connectivity index (χ4v) is 8.53. The molecule has 9 atom stereocenters. The third kappa shape index (κ3) is 2.64. The first kappa shape index (κ1) is 18.3. The van der Waals surface area contributed by atoms with Gasteiger partial charge in [-0.3, -0.25) is 0 Å². The summed E-state index contributed by atoms with van der Waals surface area (Å²) in [6.07, 6.45) is 11.5. The molecule has 4 aliphatic rings. The van der Waals surface area contributed by atoms with Gasteiger partial charge in [-0.25, -0.2) is 0 Å². The van der Waals surface area contributed by atoms with Crippen LogP contribution in [0.3, 0.4) is 0 Å². The average molecular weight is 349 g/mol. The van der Waals surface area contributed by atoms with E-state index >= 15 is 0 Å². The van der Waals surface area contributed by atoms with Gasteiger partial charge in [0, 0.05) is 6.61 Å². The zero-order valence-electron chi connectivity index (χ0n) is 16.9. The minimum absolute atomic E-state index is 0.357. The maximum Gasteiger partial charge on any atom is 0.0622 e. The second kappa shape index (κ2) is 5.96. The van der Waals surface area contributed by atoms with E-state index in [9.17, 15) is 10.2 Å². The van der Waals surface area contributed by atoms with Crippen molar-refractivity contribution < 1.29 is 10.2 Å². The van der Waals surface area contributed by atoms with E-state index in [0.29, 0.717) is 23.4 Å². The van der Waals surface area contributed by atoms with E-state index in [-0.39, 0.29) is 0 Å². The number of aliphatic hydroxyl groups excluding tert-OH is 1. The van der Waals surface area contributed by atoms with Crippen molar-refractivity contribution in [1.29, 1.82) is 0 Å². The van der Waals surface area contributed by atoms with Crippen molar-refractivity contribution in [1.82, 2.24) is 0 Å². The van der Waals surface area contributed by atoms with Crippen LogP contribution in [0.4, 0.5) is 0 Å². The summed E-state index contributed by atoms with van der Waals surface area (Å²) < 4.78 is 0. The van der Waals surface area contributed by atoms with Gasteiger partial charge in [-0.05, 0) is 111 Å². The highest BCUT2D eigenvalue weighted by atomic mass is 16.3. The molecule has 0 saturated heterocycles. The largest absolute Gasteiger partial charge is 0.396 e. The van der Waals surface area contributed by atoms with Gasteiger partial charge in [-0.15, -0.1) is 0 Å². The summed E-state index contributed by atoms with van der Waals surface area (Å²) in [4.78, 5) is 0. The minimum atomic E-state index is -0.421. The Morgan fingerprint density at radius 2 is 1.60 bits per heavy atom. The molecule has 144 valence electrons. The van der Waals surface area contributed by atoms with E-state index in [1.165, 1.54) is 44.9 Å². The first-order chi connectivity index (χ1) is 11.7. The molecule has 2 nitrogen and oxygen atoms in total. The molecule has 0 amide bonds. The predicted molar refractivity (Wildman–Crippen MR) is 102 cm³/mol. The van der Waals surface area contributed by atoms with Crippen LogP contribution < -0.4 is 0 Å². The Kier molecular flexibility index (Phi) is 4.36. The number of hydrogen-bond donors (Lipinski definition) is 2. The molecule has 0 aromatic heterocycles. The van der Waals surface area contributed by atoms with E-state index in [2.05, 4.69) is 27.7 Å². The molecule has 1 unspecified atom stereocenters. The highest BCUT2D eigenvalue weighted by molar-refractivity contribution is 5.10.